The third kappa shape index (κ3) is 3.76. The average Bonchev–Trinajstić information content (AvgIpc) is 3.36. The van der Waals surface area contributed by atoms with Crippen molar-refractivity contribution in [2.75, 3.05) is 30.3 Å². The normalized spacial score (nSPS) is 22.5. The van der Waals surface area contributed by atoms with Gasteiger partial charge in [-0.2, -0.15) is 0 Å². The number of hydrogen-bond donors (Lipinski definition) is 3. The summed E-state index contributed by atoms with van der Waals surface area (Å²) in [6, 6.07) is 4.08. The van der Waals surface area contributed by atoms with E-state index in [0.717, 1.165) is 65.1 Å². The van der Waals surface area contributed by atoms with Crippen LogP contribution < -0.4 is 16.4 Å². The lowest BCUT2D eigenvalue weighted by Gasteiger charge is -2.42. The summed E-state index contributed by atoms with van der Waals surface area (Å²) >= 11 is 7.92. The van der Waals surface area contributed by atoms with Crippen LogP contribution in [0.25, 0.3) is 5.65 Å². The zero-order valence-electron chi connectivity index (χ0n) is 18.8. The number of nitrogens with zero attached hydrogens (tertiary/aromatic N) is 4. The molecule has 10 heteroatoms. The molecule has 0 unspecified atom stereocenters. The molecule has 2 aliphatic rings. The van der Waals surface area contributed by atoms with E-state index in [-0.39, 0.29) is 24.2 Å². The molecule has 0 saturated carbocycles. The van der Waals surface area contributed by atoms with Crippen LogP contribution in [0.2, 0.25) is 5.02 Å². The Labute approximate surface area is 202 Å². The number of halogens is 1. The van der Waals surface area contributed by atoms with Gasteiger partial charge in [0.05, 0.1) is 41.1 Å². The molecule has 2 aliphatic heterocycles. The molecule has 2 fully saturated rings. The fourth-order valence-corrected chi connectivity index (χ4v) is 6.28. The molecule has 0 aliphatic carbocycles. The second-order valence-corrected chi connectivity index (χ2v) is 10.5. The Kier molecular flexibility index (Phi) is 5.95. The first-order valence-corrected chi connectivity index (χ1v) is 12.3. The van der Waals surface area contributed by atoms with Crippen LogP contribution in [0.1, 0.15) is 31.0 Å². The summed E-state index contributed by atoms with van der Waals surface area (Å²) in [5.41, 5.74) is 15.1. The van der Waals surface area contributed by atoms with Gasteiger partial charge in [0.1, 0.15) is 11.6 Å². The molecule has 5 N–H and O–H groups in total. The highest BCUT2D eigenvalue weighted by Crippen LogP contribution is 2.44. The molecule has 33 heavy (non-hydrogen) atoms. The fourth-order valence-electron chi connectivity index (χ4n) is 5.06. The van der Waals surface area contributed by atoms with Gasteiger partial charge < -0.3 is 26.2 Å². The largest absolute Gasteiger partial charge is 0.390 e. The summed E-state index contributed by atoms with van der Waals surface area (Å²) in [5, 5.41) is 10.5. The number of anilines is 2. The highest BCUT2D eigenvalue weighted by molar-refractivity contribution is 7.99. The summed E-state index contributed by atoms with van der Waals surface area (Å²) in [7, 11) is 0. The zero-order chi connectivity index (χ0) is 23.3. The van der Waals surface area contributed by atoms with E-state index < -0.39 is 0 Å². The topological polar surface area (TPSA) is 115 Å². The standard InChI is InChI=1S/C23H29ClN6O2S/c1-13-9-17(29-7-4-23(5-8-29)12-32-14(2)20(23)25)30-15(11-31)10-28-22(30)19(13)33-16-3-6-27-21(26)18(16)24/h3,6,9-10,14,20,31H,4-5,7-8,11-12,25H2,1-2H3,(H2,26,27)/t14-,20+/m0/s1. The van der Waals surface area contributed by atoms with Gasteiger partial charge in [0.25, 0.3) is 0 Å². The summed E-state index contributed by atoms with van der Waals surface area (Å²) in [6.07, 6.45) is 5.44. The summed E-state index contributed by atoms with van der Waals surface area (Å²) in [4.78, 5) is 12.9. The van der Waals surface area contributed by atoms with Gasteiger partial charge in [-0.25, -0.2) is 9.97 Å². The minimum atomic E-state index is -0.0989. The number of nitrogen functional groups attached to an aromatic ring is 1. The number of piperidine rings is 1. The molecule has 0 aromatic carbocycles. The molecule has 3 aromatic heterocycles. The van der Waals surface area contributed by atoms with E-state index in [2.05, 4.69) is 39.2 Å². The number of hydrogen-bond acceptors (Lipinski definition) is 8. The highest BCUT2D eigenvalue weighted by Gasteiger charge is 2.47. The maximum atomic E-state index is 10.0. The quantitative estimate of drug-likeness (QED) is 0.512. The van der Waals surface area contributed by atoms with Crippen LogP contribution in [-0.4, -0.2) is 51.3 Å². The third-order valence-electron chi connectivity index (χ3n) is 7.16. The number of nitrogens with two attached hydrogens (primary N) is 2. The Balaban J connectivity index is 1.51. The summed E-state index contributed by atoms with van der Waals surface area (Å²) < 4.78 is 7.94. The molecule has 2 atom stereocenters. The van der Waals surface area contributed by atoms with Crippen molar-refractivity contribution >= 4 is 40.6 Å². The second kappa shape index (κ2) is 8.63. The molecule has 8 nitrogen and oxygen atoms in total. The first kappa shape index (κ1) is 22.7. The van der Waals surface area contributed by atoms with Crippen molar-refractivity contribution in [2.24, 2.45) is 11.1 Å². The molecule has 0 amide bonds. The van der Waals surface area contributed by atoms with Gasteiger partial charge in [0.15, 0.2) is 5.65 Å². The molecule has 176 valence electrons. The van der Waals surface area contributed by atoms with Crippen LogP contribution in [0.3, 0.4) is 0 Å². The molecule has 3 aromatic rings. The second-order valence-electron chi connectivity index (χ2n) is 9.08. The molecular formula is C23H29ClN6O2S. The van der Waals surface area contributed by atoms with Crippen molar-refractivity contribution in [1.29, 1.82) is 0 Å². The van der Waals surface area contributed by atoms with Crippen LogP contribution in [0.5, 0.6) is 0 Å². The van der Waals surface area contributed by atoms with Crippen LogP contribution in [-0.2, 0) is 11.3 Å². The Morgan fingerprint density at radius 2 is 2.09 bits per heavy atom. The first-order chi connectivity index (χ1) is 15.8. The molecule has 5 heterocycles. The Bertz CT molecular complexity index is 1190. The number of aryl methyl sites for hydroxylation is 1. The average molecular weight is 489 g/mol. The highest BCUT2D eigenvalue weighted by atomic mass is 35.5. The molecule has 0 bridgehead atoms. The van der Waals surface area contributed by atoms with Crippen molar-refractivity contribution in [3.8, 4) is 0 Å². The van der Waals surface area contributed by atoms with Crippen molar-refractivity contribution < 1.29 is 9.84 Å². The minimum absolute atomic E-state index is 0.0483. The van der Waals surface area contributed by atoms with Crippen LogP contribution in [0, 0.1) is 12.3 Å². The van der Waals surface area contributed by atoms with Gasteiger partial charge in [0, 0.05) is 35.6 Å². The van der Waals surface area contributed by atoms with Crippen molar-refractivity contribution in [1.82, 2.24) is 14.4 Å². The van der Waals surface area contributed by atoms with E-state index in [0.29, 0.717) is 10.8 Å². The summed E-state index contributed by atoms with van der Waals surface area (Å²) in [5.74, 6) is 1.33. The van der Waals surface area contributed by atoms with Gasteiger partial charge in [-0.05, 0) is 44.4 Å². The number of aliphatic hydroxyl groups excluding tert-OH is 1. The maximum absolute atomic E-state index is 10.0. The minimum Gasteiger partial charge on any atom is -0.390 e. The summed E-state index contributed by atoms with van der Waals surface area (Å²) in [6.45, 7) is 6.53. The Hall–Kier alpha value is -2.04. The van der Waals surface area contributed by atoms with Gasteiger partial charge in [-0.3, -0.25) is 4.40 Å². The Morgan fingerprint density at radius 3 is 2.76 bits per heavy atom. The van der Waals surface area contributed by atoms with Crippen molar-refractivity contribution in [3.05, 3.63) is 40.8 Å². The lowest BCUT2D eigenvalue weighted by atomic mass is 9.73. The number of fused-ring (bicyclic) bond motifs is 1. The lowest BCUT2D eigenvalue weighted by molar-refractivity contribution is 0.0974. The first-order valence-electron chi connectivity index (χ1n) is 11.2. The van der Waals surface area contributed by atoms with E-state index in [1.54, 1.807) is 12.4 Å². The van der Waals surface area contributed by atoms with Crippen LogP contribution in [0.4, 0.5) is 11.6 Å². The fraction of sp³-hybridized carbons (Fsp3) is 0.478. The monoisotopic (exact) mass is 488 g/mol. The van der Waals surface area contributed by atoms with Gasteiger partial charge in [-0.1, -0.05) is 23.4 Å². The molecule has 0 radical (unpaired) electrons. The van der Waals surface area contributed by atoms with Crippen LogP contribution in [0.15, 0.2) is 34.3 Å². The predicted octanol–water partition coefficient (Wildman–Crippen LogP) is 3.25. The predicted molar refractivity (Wildman–Crippen MR) is 131 cm³/mol. The van der Waals surface area contributed by atoms with E-state index in [1.807, 2.05) is 6.07 Å². The molecule has 2 saturated heterocycles. The molecule has 1 spiro atoms. The van der Waals surface area contributed by atoms with Crippen LogP contribution >= 0.6 is 23.4 Å². The third-order valence-corrected chi connectivity index (χ3v) is 8.93. The number of ether oxygens (including phenoxy) is 1. The van der Waals surface area contributed by atoms with E-state index >= 15 is 0 Å². The van der Waals surface area contributed by atoms with Gasteiger partial charge >= 0.3 is 0 Å². The molecule has 5 rings (SSSR count). The SMILES string of the molecule is Cc1cc(N2CCC3(CC2)CO[C@@H](C)[C@H]3N)n2c(CO)cnc2c1Sc1ccnc(N)c1Cl. The van der Waals surface area contributed by atoms with Gasteiger partial charge in [0.2, 0.25) is 0 Å². The molecular weight excluding hydrogens is 460 g/mol. The number of aliphatic hydroxyl groups is 1. The number of pyridine rings is 2. The smallest absolute Gasteiger partial charge is 0.152 e. The number of imidazole rings is 1. The zero-order valence-corrected chi connectivity index (χ0v) is 20.4. The van der Waals surface area contributed by atoms with E-state index in [9.17, 15) is 5.11 Å². The van der Waals surface area contributed by atoms with E-state index in [1.165, 1.54) is 11.8 Å². The maximum Gasteiger partial charge on any atom is 0.152 e. The Morgan fingerprint density at radius 1 is 1.33 bits per heavy atom. The lowest BCUT2D eigenvalue weighted by Crippen LogP contribution is -2.51. The number of aromatic nitrogens is 3. The van der Waals surface area contributed by atoms with Gasteiger partial charge in [-0.15, -0.1) is 0 Å². The number of rotatable bonds is 4. The van der Waals surface area contributed by atoms with Crippen molar-refractivity contribution in [2.45, 2.75) is 55.2 Å². The van der Waals surface area contributed by atoms with Crippen molar-refractivity contribution in [3.63, 3.8) is 0 Å². The van der Waals surface area contributed by atoms with E-state index in [4.69, 9.17) is 27.8 Å².